The first-order chi connectivity index (χ1) is 16.1. The lowest BCUT2D eigenvalue weighted by Crippen LogP contribution is -2.47. The summed E-state index contributed by atoms with van der Waals surface area (Å²) in [6.45, 7) is 0.957. The molecule has 0 saturated carbocycles. The Labute approximate surface area is 208 Å². The topological polar surface area (TPSA) is 123 Å². The fourth-order valence-corrected chi connectivity index (χ4v) is 5.15. The lowest BCUT2D eigenvalue weighted by molar-refractivity contribution is 0.194. The second-order valence-corrected chi connectivity index (χ2v) is 10.4. The van der Waals surface area contributed by atoms with Crippen molar-refractivity contribution in [3.8, 4) is 0 Å². The second kappa shape index (κ2) is 11.4. The van der Waals surface area contributed by atoms with Crippen molar-refractivity contribution in [3.63, 3.8) is 0 Å². The predicted molar refractivity (Wildman–Crippen MR) is 130 cm³/mol. The molecule has 1 aliphatic heterocycles. The number of carboxylic acid groups (broad SMARTS) is 1. The van der Waals surface area contributed by atoms with Gasteiger partial charge in [0.15, 0.2) is 11.6 Å². The lowest BCUT2D eigenvalue weighted by atomic mass is 10.1. The highest BCUT2D eigenvalue weighted by atomic mass is 127. The summed E-state index contributed by atoms with van der Waals surface area (Å²) in [4.78, 5) is 10.5. The van der Waals surface area contributed by atoms with Crippen molar-refractivity contribution < 1.29 is 31.5 Å². The third-order valence-corrected chi connectivity index (χ3v) is 7.35. The summed E-state index contributed by atoms with van der Waals surface area (Å²) in [5, 5.41) is 16.4. The van der Waals surface area contributed by atoms with E-state index in [2.05, 4.69) is 20.7 Å². The molecule has 1 amide bonds. The summed E-state index contributed by atoms with van der Waals surface area (Å²) < 4.78 is 72.6. The standard InChI is InChI=1S/C20H23F3IN5O4S/c21-14-2-4-17(19(18(14)23)27-16-3-1-12(24)11-15(16)22)28-34(32,33)29-9-5-13(6-10-29)25-7-8-26-20(30)31/h1-4,11,13,25-28H,5-10H2,(H,30,31). The molecule has 1 saturated heterocycles. The number of piperidine rings is 1. The van der Waals surface area contributed by atoms with Gasteiger partial charge in [-0.15, -0.1) is 0 Å². The van der Waals surface area contributed by atoms with Crippen LogP contribution in [0.15, 0.2) is 30.3 Å². The predicted octanol–water partition coefficient (Wildman–Crippen LogP) is 3.43. The van der Waals surface area contributed by atoms with Crippen molar-refractivity contribution in [1.82, 2.24) is 14.9 Å². The maximum Gasteiger partial charge on any atom is 0.404 e. The number of anilines is 3. The largest absolute Gasteiger partial charge is 0.465 e. The van der Waals surface area contributed by atoms with E-state index < -0.39 is 39.4 Å². The molecule has 2 aromatic carbocycles. The molecular weight excluding hydrogens is 590 g/mol. The van der Waals surface area contributed by atoms with Crippen LogP contribution < -0.4 is 20.7 Å². The van der Waals surface area contributed by atoms with Crippen LogP contribution in [0.2, 0.25) is 0 Å². The third kappa shape index (κ3) is 6.86. The van der Waals surface area contributed by atoms with Gasteiger partial charge in [-0.2, -0.15) is 12.7 Å². The van der Waals surface area contributed by atoms with Crippen molar-refractivity contribution >= 4 is 56.0 Å². The van der Waals surface area contributed by atoms with Gasteiger partial charge >= 0.3 is 16.3 Å². The minimum Gasteiger partial charge on any atom is -0.465 e. The quantitative estimate of drug-likeness (QED) is 0.218. The Balaban J connectivity index is 1.69. The molecule has 0 atom stereocenters. The van der Waals surface area contributed by atoms with Crippen LogP contribution in [0.5, 0.6) is 0 Å². The van der Waals surface area contributed by atoms with Crippen LogP contribution in [0.4, 0.5) is 35.0 Å². The average molecular weight is 613 g/mol. The summed E-state index contributed by atoms with van der Waals surface area (Å²) in [6, 6.07) is 5.94. The summed E-state index contributed by atoms with van der Waals surface area (Å²) in [5.41, 5.74) is -0.947. The first-order valence-corrected chi connectivity index (χ1v) is 12.8. The number of halogens is 4. The van der Waals surface area contributed by atoms with E-state index in [-0.39, 0.29) is 37.1 Å². The van der Waals surface area contributed by atoms with Gasteiger partial charge in [-0.25, -0.2) is 18.0 Å². The van der Waals surface area contributed by atoms with Crippen molar-refractivity contribution in [1.29, 1.82) is 0 Å². The Morgan fingerprint density at radius 1 is 1.06 bits per heavy atom. The molecular formula is C20H23F3IN5O4S. The molecule has 1 aliphatic rings. The van der Waals surface area contributed by atoms with Crippen molar-refractivity contribution in [3.05, 3.63) is 51.4 Å². The molecule has 14 heteroatoms. The molecule has 34 heavy (non-hydrogen) atoms. The van der Waals surface area contributed by atoms with Gasteiger partial charge in [-0.3, -0.25) is 4.72 Å². The minimum atomic E-state index is -4.12. The number of nitrogens with one attached hydrogen (secondary N) is 4. The van der Waals surface area contributed by atoms with Crippen LogP contribution in [0.25, 0.3) is 0 Å². The van der Waals surface area contributed by atoms with Gasteiger partial charge in [0.2, 0.25) is 0 Å². The van der Waals surface area contributed by atoms with E-state index in [1.165, 1.54) is 16.4 Å². The Bertz CT molecular complexity index is 1150. The molecule has 0 aromatic heterocycles. The molecule has 5 N–H and O–H groups in total. The van der Waals surface area contributed by atoms with Crippen LogP contribution in [0.3, 0.4) is 0 Å². The van der Waals surface area contributed by atoms with E-state index >= 15 is 0 Å². The smallest absolute Gasteiger partial charge is 0.404 e. The van der Waals surface area contributed by atoms with Gasteiger partial charge < -0.3 is 21.1 Å². The van der Waals surface area contributed by atoms with Gasteiger partial charge in [0.05, 0.1) is 11.4 Å². The Morgan fingerprint density at radius 3 is 2.38 bits per heavy atom. The van der Waals surface area contributed by atoms with E-state index in [4.69, 9.17) is 5.11 Å². The normalized spacial score (nSPS) is 15.2. The number of benzene rings is 2. The zero-order valence-electron chi connectivity index (χ0n) is 17.7. The molecule has 0 radical (unpaired) electrons. The van der Waals surface area contributed by atoms with Crippen LogP contribution >= 0.6 is 22.6 Å². The number of carbonyl (C=O) groups is 1. The summed E-state index contributed by atoms with van der Waals surface area (Å²) in [5.74, 6) is -3.28. The van der Waals surface area contributed by atoms with Crippen LogP contribution in [0, 0.1) is 21.0 Å². The summed E-state index contributed by atoms with van der Waals surface area (Å²) >= 11 is 1.90. The summed E-state index contributed by atoms with van der Waals surface area (Å²) in [6.07, 6.45) is -0.167. The maximum atomic E-state index is 14.6. The van der Waals surface area contributed by atoms with E-state index in [1.807, 2.05) is 22.6 Å². The van der Waals surface area contributed by atoms with Crippen LogP contribution in [-0.4, -0.2) is 56.1 Å². The number of hydrogen-bond donors (Lipinski definition) is 5. The molecule has 0 aliphatic carbocycles. The molecule has 186 valence electrons. The second-order valence-electron chi connectivity index (χ2n) is 7.50. The Kier molecular flexibility index (Phi) is 8.83. The maximum absolute atomic E-state index is 14.6. The van der Waals surface area contributed by atoms with Crippen molar-refractivity contribution in [2.24, 2.45) is 0 Å². The van der Waals surface area contributed by atoms with Gasteiger partial charge in [-0.05, 0) is 65.8 Å². The van der Waals surface area contributed by atoms with E-state index in [9.17, 15) is 26.4 Å². The number of hydrogen-bond acceptors (Lipinski definition) is 5. The van der Waals surface area contributed by atoms with Crippen molar-refractivity contribution in [2.75, 3.05) is 36.2 Å². The monoisotopic (exact) mass is 613 g/mol. The number of rotatable bonds is 9. The van der Waals surface area contributed by atoms with E-state index in [0.717, 1.165) is 12.1 Å². The van der Waals surface area contributed by atoms with E-state index in [1.54, 1.807) is 6.07 Å². The molecule has 9 nitrogen and oxygen atoms in total. The highest BCUT2D eigenvalue weighted by Crippen LogP contribution is 2.33. The first-order valence-electron chi connectivity index (χ1n) is 10.2. The fraction of sp³-hybridized carbons (Fsp3) is 0.350. The minimum absolute atomic E-state index is 0.00592. The SMILES string of the molecule is O=C(O)NCCNC1CCN(S(=O)(=O)Nc2ccc(F)c(F)c2Nc2ccc(I)cc2F)CC1. The molecule has 1 heterocycles. The fourth-order valence-electron chi connectivity index (χ4n) is 3.43. The molecule has 0 bridgehead atoms. The number of nitrogens with zero attached hydrogens (tertiary/aromatic N) is 1. The Hall–Kier alpha value is -2.30. The first kappa shape index (κ1) is 26.3. The van der Waals surface area contributed by atoms with E-state index in [0.29, 0.717) is 23.0 Å². The van der Waals surface area contributed by atoms with Gasteiger partial charge in [0, 0.05) is 35.8 Å². The molecule has 0 spiro atoms. The highest BCUT2D eigenvalue weighted by molar-refractivity contribution is 14.1. The zero-order chi connectivity index (χ0) is 24.9. The summed E-state index contributed by atoms with van der Waals surface area (Å²) in [7, 11) is -4.12. The number of amides is 1. The van der Waals surface area contributed by atoms with Gasteiger partial charge in [0.1, 0.15) is 11.5 Å². The van der Waals surface area contributed by atoms with Gasteiger partial charge in [-0.1, -0.05) is 0 Å². The molecule has 0 unspecified atom stereocenters. The van der Waals surface area contributed by atoms with Crippen molar-refractivity contribution in [2.45, 2.75) is 18.9 Å². The Morgan fingerprint density at radius 2 is 1.74 bits per heavy atom. The molecule has 3 rings (SSSR count). The molecule has 1 fully saturated rings. The zero-order valence-corrected chi connectivity index (χ0v) is 20.7. The third-order valence-electron chi connectivity index (χ3n) is 5.15. The van der Waals surface area contributed by atoms with Crippen LogP contribution in [-0.2, 0) is 10.2 Å². The van der Waals surface area contributed by atoms with Crippen LogP contribution in [0.1, 0.15) is 12.8 Å². The molecule has 2 aromatic rings. The van der Waals surface area contributed by atoms with Gasteiger partial charge in [0.25, 0.3) is 0 Å². The highest BCUT2D eigenvalue weighted by Gasteiger charge is 2.29. The average Bonchev–Trinajstić information content (AvgIpc) is 2.78. The lowest BCUT2D eigenvalue weighted by Gasteiger charge is -2.32.